The number of rotatable bonds is 3. The van der Waals surface area contributed by atoms with Gasteiger partial charge in [-0.2, -0.15) is 0 Å². The Labute approximate surface area is 130 Å². The smallest absolute Gasteiger partial charge is 0.339 e. The lowest BCUT2D eigenvalue weighted by atomic mass is 10.1. The number of ether oxygens (including phenoxy) is 1. The first-order chi connectivity index (χ1) is 9.38. The summed E-state index contributed by atoms with van der Waals surface area (Å²) in [5.74, 6) is -0.650. The summed E-state index contributed by atoms with van der Waals surface area (Å²) in [4.78, 5) is 11.2. The van der Waals surface area contributed by atoms with Gasteiger partial charge in [0.15, 0.2) is 0 Å². The van der Waals surface area contributed by atoms with E-state index in [4.69, 9.17) is 44.6 Å². The molecule has 0 atom stereocenters. The molecule has 20 heavy (non-hydrogen) atoms. The van der Waals surface area contributed by atoms with E-state index in [1.165, 1.54) is 18.2 Å². The third-order valence-electron chi connectivity index (χ3n) is 2.56. The molecule has 2 aromatic carbocycles. The third-order valence-corrected chi connectivity index (χ3v) is 3.58. The van der Waals surface area contributed by atoms with E-state index in [1.54, 1.807) is 12.1 Å². The van der Waals surface area contributed by atoms with Crippen molar-refractivity contribution in [3.8, 4) is 11.5 Å². The molecule has 2 rings (SSSR count). The van der Waals surface area contributed by atoms with Crippen molar-refractivity contribution in [2.24, 2.45) is 0 Å². The van der Waals surface area contributed by atoms with Gasteiger partial charge in [0, 0.05) is 6.07 Å². The first kappa shape index (κ1) is 15.0. The van der Waals surface area contributed by atoms with Gasteiger partial charge in [0.2, 0.25) is 0 Å². The van der Waals surface area contributed by atoms with Crippen LogP contribution in [0.2, 0.25) is 15.1 Å². The molecule has 6 heteroatoms. The van der Waals surface area contributed by atoms with Gasteiger partial charge in [-0.1, -0.05) is 40.9 Å². The highest BCUT2D eigenvalue weighted by Crippen LogP contribution is 2.37. The average Bonchev–Trinajstić information content (AvgIpc) is 2.35. The summed E-state index contributed by atoms with van der Waals surface area (Å²) in [6.45, 7) is 1.83. The van der Waals surface area contributed by atoms with Crippen molar-refractivity contribution in [3.63, 3.8) is 0 Å². The van der Waals surface area contributed by atoms with Crippen molar-refractivity contribution in [2.45, 2.75) is 6.92 Å². The molecule has 3 nitrogen and oxygen atoms in total. The SMILES string of the molecule is Cc1ccc(C(=O)O)c(Oc2cc(Cl)c(Cl)cc2Cl)c1. The monoisotopic (exact) mass is 330 g/mol. The lowest BCUT2D eigenvalue weighted by Gasteiger charge is -2.11. The molecule has 104 valence electrons. The van der Waals surface area contributed by atoms with Gasteiger partial charge in [-0.15, -0.1) is 0 Å². The Morgan fingerprint density at radius 1 is 1.00 bits per heavy atom. The Morgan fingerprint density at radius 2 is 1.65 bits per heavy atom. The number of benzene rings is 2. The zero-order chi connectivity index (χ0) is 14.9. The van der Waals surface area contributed by atoms with Crippen molar-refractivity contribution < 1.29 is 14.6 Å². The van der Waals surface area contributed by atoms with E-state index in [2.05, 4.69) is 0 Å². The van der Waals surface area contributed by atoms with Gasteiger partial charge in [-0.25, -0.2) is 4.79 Å². The van der Waals surface area contributed by atoms with Crippen LogP contribution in [0.4, 0.5) is 0 Å². The summed E-state index contributed by atoms with van der Waals surface area (Å²) < 4.78 is 5.56. The fourth-order valence-corrected chi connectivity index (χ4v) is 2.17. The molecule has 0 bridgehead atoms. The Bertz CT molecular complexity index is 684. The molecule has 0 unspecified atom stereocenters. The van der Waals surface area contributed by atoms with Crippen molar-refractivity contribution >= 4 is 40.8 Å². The summed E-state index contributed by atoms with van der Waals surface area (Å²) in [6, 6.07) is 7.66. The lowest BCUT2D eigenvalue weighted by Crippen LogP contribution is -2.00. The van der Waals surface area contributed by atoms with Crippen LogP contribution in [0, 0.1) is 6.92 Å². The summed E-state index contributed by atoms with van der Waals surface area (Å²) in [5, 5.41) is 9.96. The normalized spacial score (nSPS) is 10.4. The van der Waals surface area contributed by atoms with Crippen molar-refractivity contribution in [1.29, 1.82) is 0 Å². The number of halogens is 3. The molecular weight excluding hydrogens is 323 g/mol. The van der Waals surface area contributed by atoms with E-state index < -0.39 is 5.97 Å². The van der Waals surface area contributed by atoms with E-state index in [0.29, 0.717) is 5.02 Å². The number of hydrogen-bond acceptors (Lipinski definition) is 2. The van der Waals surface area contributed by atoms with E-state index in [1.807, 2.05) is 6.92 Å². The molecule has 0 aliphatic heterocycles. The van der Waals surface area contributed by atoms with Gasteiger partial charge in [0.25, 0.3) is 0 Å². The molecular formula is C14H9Cl3O3. The standard InChI is InChI=1S/C14H9Cl3O3/c1-7-2-3-8(14(18)19)12(4-7)20-13-6-10(16)9(15)5-11(13)17/h2-6H,1H3,(H,18,19). The van der Waals surface area contributed by atoms with Crippen LogP contribution in [0.3, 0.4) is 0 Å². The average molecular weight is 332 g/mol. The zero-order valence-electron chi connectivity index (χ0n) is 10.3. The van der Waals surface area contributed by atoms with Crippen LogP contribution in [-0.2, 0) is 0 Å². The maximum Gasteiger partial charge on any atom is 0.339 e. The highest BCUT2D eigenvalue weighted by Gasteiger charge is 2.14. The Hall–Kier alpha value is -1.42. The van der Waals surface area contributed by atoms with E-state index in [0.717, 1.165) is 5.56 Å². The van der Waals surface area contributed by atoms with Crippen LogP contribution in [-0.4, -0.2) is 11.1 Å². The third kappa shape index (κ3) is 3.18. The van der Waals surface area contributed by atoms with Gasteiger partial charge in [0.1, 0.15) is 17.1 Å². The Morgan fingerprint density at radius 3 is 2.30 bits per heavy atom. The molecule has 0 heterocycles. The van der Waals surface area contributed by atoms with Crippen LogP contribution < -0.4 is 4.74 Å². The van der Waals surface area contributed by atoms with Crippen LogP contribution in [0.5, 0.6) is 11.5 Å². The van der Waals surface area contributed by atoms with Crippen molar-refractivity contribution in [2.75, 3.05) is 0 Å². The summed E-state index contributed by atoms with van der Waals surface area (Å²) in [7, 11) is 0. The predicted molar refractivity (Wildman–Crippen MR) is 79.7 cm³/mol. The van der Waals surface area contributed by atoms with Gasteiger partial charge < -0.3 is 9.84 Å². The van der Waals surface area contributed by atoms with Crippen LogP contribution in [0.25, 0.3) is 0 Å². The maximum atomic E-state index is 11.2. The summed E-state index contributed by atoms with van der Waals surface area (Å²) in [6.07, 6.45) is 0. The lowest BCUT2D eigenvalue weighted by molar-refractivity contribution is 0.0694. The van der Waals surface area contributed by atoms with Crippen LogP contribution >= 0.6 is 34.8 Å². The van der Waals surface area contributed by atoms with Crippen LogP contribution in [0.1, 0.15) is 15.9 Å². The highest BCUT2D eigenvalue weighted by molar-refractivity contribution is 6.43. The number of aryl methyl sites for hydroxylation is 1. The quantitative estimate of drug-likeness (QED) is 0.761. The molecule has 0 radical (unpaired) electrons. The first-order valence-corrected chi connectivity index (χ1v) is 6.68. The van der Waals surface area contributed by atoms with Gasteiger partial charge >= 0.3 is 5.97 Å². The molecule has 1 N–H and O–H groups in total. The second kappa shape index (κ2) is 5.92. The molecule has 0 fully saturated rings. The second-order valence-corrected chi connectivity index (χ2v) is 5.33. The van der Waals surface area contributed by atoms with E-state index in [-0.39, 0.29) is 27.1 Å². The summed E-state index contributed by atoms with van der Waals surface area (Å²) >= 11 is 17.7. The minimum atomic E-state index is -1.09. The number of carboxylic acids is 1. The first-order valence-electron chi connectivity index (χ1n) is 5.55. The van der Waals surface area contributed by atoms with E-state index >= 15 is 0 Å². The predicted octanol–water partition coefficient (Wildman–Crippen LogP) is 5.45. The molecule has 0 saturated heterocycles. The largest absolute Gasteiger partial charge is 0.478 e. The fraction of sp³-hybridized carbons (Fsp3) is 0.0714. The Kier molecular flexibility index (Phi) is 4.43. The van der Waals surface area contributed by atoms with Crippen molar-refractivity contribution in [3.05, 3.63) is 56.5 Å². The van der Waals surface area contributed by atoms with Gasteiger partial charge in [-0.3, -0.25) is 0 Å². The topological polar surface area (TPSA) is 46.5 Å². The molecule has 2 aromatic rings. The molecule has 0 aliphatic rings. The van der Waals surface area contributed by atoms with E-state index in [9.17, 15) is 4.79 Å². The number of carbonyl (C=O) groups is 1. The molecule has 0 saturated carbocycles. The number of carboxylic acid groups (broad SMARTS) is 1. The highest BCUT2D eigenvalue weighted by atomic mass is 35.5. The minimum Gasteiger partial charge on any atom is -0.478 e. The molecule has 0 amide bonds. The van der Waals surface area contributed by atoms with Gasteiger partial charge in [-0.05, 0) is 30.7 Å². The Balaban J connectivity index is 2.47. The second-order valence-electron chi connectivity index (χ2n) is 4.10. The molecule has 0 aliphatic carbocycles. The van der Waals surface area contributed by atoms with Crippen LogP contribution in [0.15, 0.2) is 30.3 Å². The van der Waals surface area contributed by atoms with Gasteiger partial charge in [0.05, 0.1) is 15.1 Å². The summed E-state index contributed by atoms with van der Waals surface area (Å²) in [5.41, 5.74) is 0.902. The zero-order valence-corrected chi connectivity index (χ0v) is 12.6. The van der Waals surface area contributed by atoms with Crippen molar-refractivity contribution in [1.82, 2.24) is 0 Å². The fourth-order valence-electron chi connectivity index (χ4n) is 1.59. The number of aromatic carboxylic acids is 1. The number of hydrogen-bond donors (Lipinski definition) is 1. The maximum absolute atomic E-state index is 11.2. The minimum absolute atomic E-state index is 0.0396. The molecule has 0 aromatic heterocycles. The molecule has 0 spiro atoms.